The number of nitrogens with zero attached hydrogens (tertiary/aromatic N) is 1. The van der Waals surface area contributed by atoms with Crippen LogP contribution in [-0.2, 0) is 16.1 Å². The van der Waals surface area contributed by atoms with E-state index in [0.29, 0.717) is 6.61 Å². The summed E-state index contributed by atoms with van der Waals surface area (Å²) >= 11 is 5.26. The molecule has 0 bridgehead atoms. The van der Waals surface area contributed by atoms with Crippen LogP contribution in [0.4, 0.5) is 0 Å². The minimum absolute atomic E-state index is 0.0176. The minimum atomic E-state index is -0.0176. The summed E-state index contributed by atoms with van der Waals surface area (Å²) < 4.78 is 6.26. The summed E-state index contributed by atoms with van der Waals surface area (Å²) in [5, 5.41) is 0. The Morgan fingerprint density at radius 3 is 2.78 bits per heavy atom. The van der Waals surface area contributed by atoms with Gasteiger partial charge < -0.3 is 4.74 Å². The Labute approximate surface area is 120 Å². The molecule has 0 unspecified atom stereocenters. The number of thiophene rings is 1. The van der Waals surface area contributed by atoms with Gasteiger partial charge >= 0.3 is 5.97 Å². The highest BCUT2D eigenvalue weighted by Crippen LogP contribution is 2.25. The Bertz CT molecular complexity index is 399. The maximum Gasteiger partial charge on any atom is 0.309 e. The molecule has 18 heavy (non-hydrogen) atoms. The summed E-state index contributed by atoms with van der Waals surface area (Å²) in [5.41, 5.74) is 0. The first kappa shape index (κ1) is 14.0. The van der Waals surface area contributed by atoms with Crippen LogP contribution in [0.3, 0.4) is 0 Å². The van der Waals surface area contributed by atoms with Crippen LogP contribution >= 0.6 is 27.3 Å². The molecule has 1 aliphatic rings. The van der Waals surface area contributed by atoms with Gasteiger partial charge in [-0.3, -0.25) is 9.69 Å². The second-order valence-corrected chi connectivity index (χ2v) is 7.06. The predicted octanol–water partition coefficient (Wildman–Crippen LogP) is 3.29. The van der Waals surface area contributed by atoms with Crippen LogP contribution in [0.2, 0.25) is 0 Å². The lowest BCUT2D eigenvalue weighted by Gasteiger charge is -2.30. The van der Waals surface area contributed by atoms with Gasteiger partial charge in [-0.2, -0.15) is 0 Å². The maximum absolute atomic E-state index is 11.6. The van der Waals surface area contributed by atoms with Crippen LogP contribution < -0.4 is 0 Å². The van der Waals surface area contributed by atoms with E-state index in [1.807, 2.05) is 6.92 Å². The van der Waals surface area contributed by atoms with Crippen molar-refractivity contribution in [3.8, 4) is 0 Å². The normalized spacial score (nSPS) is 17.9. The molecule has 1 aliphatic heterocycles. The quantitative estimate of drug-likeness (QED) is 0.793. The van der Waals surface area contributed by atoms with Crippen molar-refractivity contribution in [2.75, 3.05) is 19.7 Å². The summed E-state index contributed by atoms with van der Waals surface area (Å²) in [6, 6.07) is 4.25. The minimum Gasteiger partial charge on any atom is -0.466 e. The summed E-state index contributed by atoms with van der Waals surface area (Å²) in [7, 11) is 0. The van der Waals surface area contributed by atoms with Crippen molar-refractivity contribution >= 4 is 33.2 Å². The van der Waals surface area contributed by atoms with Gasteiger partial charge in [0.05, 0.1) is 16.3 Å². The summed E-state index contributed by atoms with van der Waals surface area (Å²) in [4.78, 5) is 15.4. The van der Waals surface area contributed by atoms with Crippen molar-refractivity contribution in [2.24, 2.45) is 5.92 Å². The van der Waals surface area contributed by atoms with E-state index in [1.54, 1.807) is 11.3 Å². The Morgan fingerprint density at radius 1 is 1.50 bits per heavy atom. The molecule has 0 atom stereocenters. The van der Waals surface area contributed by atoms with Crippen LogP contribution in [0.1, 0.15) is 24.6 Å². The van der Waals surface area contributed by atoms with Crippen LogP contribution in [0.25, 0.3) is 0 Å². The van der Waals surface area contributed by atoms with E-state index in [4.69, 9.17) is 4.74 Å². The van der Waals surface area contributed by atoms with E-state index in [2.05, 4.69) is 33.0 Å². The number of carbonyl (C=O) groups excluding carboxylic acids is 1. The van der Waals surface area contributed by atoms with E-state index >= 15 is 0 Å². The number of piperidine rings is 1. The van der Waals surface area contributed by atoms with Gasteiger partial charge in [-0.05, 0) is 60.9 Å². The molecule has 2 heterocycles. The van der Waals surface area contributed by atoms with Crippen LogP contribution in [-0.4, -0.2) is 30.6 Å². The predicted molar refractivity (Wildman–Crippen MR) is 76.7 cm³/mol. The molecule has 5 heteroatoms. The molecule has 0 spiro atoms. The molecule has 0 N–H and O–H groups in total. The number of rotatable bonds is 4. The van der Waals surface area contributed by atoms with Gasteiger partial charge in [-0.1, -0.05) is 0 Å². The SMILES string of the molecule is CCOC(=O)C1CCN(Cc2ccc(Br)s2)CC1. The number of likely N-dealkylation sites (tertiary alicyclic amines) is 1. The standard InChI is InChI=1S/C13H18BrNO2S/c1-2-17-13(16)10-5-7-15(8-6-10)9-11-3-4-12(14)18-11/h3-4,10H,2,5-9H2,1H3. The Morgan fingerprint density at radius 2 is 2.22 bits per heavy atom. The maximum atomic E-state index is 11.6. The lowest BCUT2D eigenvalue weighted by Crippen LogP contribution is -2.36. The zero-order valence-corrected chi connectivity index (χ0v) is 12.9. The van der Waals surface area contributed by atoms with Gasteiger partial charge in [0, 0.05) is 11.4 Å². The fraction of sp³-hybridized carbons (Fsp3) is 0.615. The van der Waals surface area contributed by atoms with Crippen LogP contribution in [0.5, 0.6) is 0 Å². The van der Waals surface area contributed by atoms with Gasteiger partial charge in [0.25, 0.3) is 0 Å². The van der Waals surface area contributed by atoms with Crippen molar-refractivity contribution in [1.29, 1.82) is 0 Å². The number of halogens is 1. The average Bonchev–Trinajstić information content (AvgIpc) is 2.76. The van der Waals surface area contributed by atoms with Crippen molar-refractivity contribution in [2.45, 2.75) is 26.3 Å². The van der Waals surface area contributed by atoms with Gasteiger partial charge in [-0.25, -0.2) is 0 Å². The molecule has 0 aliphatic carbocycles. The number of ether oxygens (including phenoxy) is 1. The fourth-order valence-electron chi connectivity index (χ4n) is 2.24. The Kier molecular flexibility index (Phi) is 5.21. The zero-order chi connectivity index (χ0) is 13.0. The monoisotopic (exact) mass is 331 g/mol. The van der Waals surface area contributed by atoms with Gasteiger partial charge in [0.2, 0.25) is 0 Å². The number of hydrogen-bond donors (Lipinski definition) is 0. The smallest absolute Gasteiger partial charge is 0.309 e. The molecule has 1 fully saturated rings. The lowest BCUT2D eigenvalue weighted by molar-refractivity contribution is -0.149. The number of hydrogen-bond acceptors (Lipinski definition) is 4. The highest BCUT2D eigenvalue weighted by atomic mass is 79.9. The third kappa shape index (κ3) is 3.80. The van der Waals surface area contributed by atoms with Crippen LogP contribution in [0, 0.1) is 5.92 Å². The first-order valence-electron chi connectivity index (χ1n) is 6.32. The molecule has 1 saturated heterocycles. The molecule has 1 aromatic rings. The van der Waals surface area contributed by atoms with E-state index < -0.39 is 0 Å². The summed E-state index contributed by atoms with van der Waals surface area (Å²) in [6.45, 7) is 5.31. The lowest BCUT2D eigenvalue weighted by atomic mass is 9.97. The van der Waals surface area contributed by atoms with Gasteiger partial charge in [0.1, 0.15) is 0 Å². The second kappa shape index (κ2) is 6.68. The van der Waals surface area contributed by atoms with Gasteiger partial charge in [0.15, 0.2) is 0 Å². The highest BCUT2D eigenvalue weighted by Gasteiger charge is 2.25. The van der Waals surface area contributed by atoms with E-state index in [-0.39, 0.29) is 11.9 Å². The molecular formula is C13H18BrNO2S. The van der Waals surface area contributed by atoms with Crippen molar-refractivity contribution in [3.63, 3.8) is 0 Å². The molecule has 100 valence electrons. The molecule has 2 rings (SSSR count). The highest BCUT2D eigenvalue weighted by molar-refractivity contribution is 9.11. The van der Waals surface area contributed by atoms with Crippen molar-refractivity contribution < 1.29 is 9.53 Å². The third-order valence-electron chi connectivity index (χ3n) is 3.22. The molecule has 0 saturated carbocycles. The van der Waals surface area contributed by atoms with E-state index in [9.17, 15) is 4.79 Å². The zero-order valence-electron chi connectivity index (χ0n) is 10.5. The molecular weight excluding hydrogens is 314 g/mol. The molecule has 3 nitrogen and oxygen atoms in total. The number of carbonyl (C=O) groups is 1. The third-order valence-corrected chi connectivity index (χ3v) is 4.82. The summed E-state index contributed by atoms with van der Waals surface area (Å²) in [5.74, 6) is 0.0901. The molecule has 0 radical (unpaired) electrons. The average molecular weight is 332 g/mol. The molecule has 0 amide bonds. The molecule has 0 aromatic carbocycles. The second-order valence-electron chi connectivity index (χ2n) is 4.51. The van der Waals surface area contributed by atoms with Crippen molar-refractivity contribution in [3.05, 3.63) is 20.8 Å². The Hall–Kier alpha value is -0.390. The fourth-order valence-corrected chi connectivity index (χ4v) is 3.77. The first-order chi connectivity index (χ1) is 8.69. The largest absolute Gasteiger partial charge is 0.466 e. The topological polar surface area (TPSA) is 29.5 Å². The Balaban J connectivity index is 1.78. The van der Waals surface area contributed by atoms with E-state index in [0.717, 1.165) is 32.5 Å². The summed E-state index contributed by atoms with van der Waals surface area (Å²) in [6.07, 6.45) is 1.84. The molecule has 1 aromatic heterocycles. The first-order valence-corrected chi connectivity index (χ1v) is 7.93. The van der Waals surface area contributed by atoms with Crippen molar-refractivity contribution in [1.82, 2.24) is 4.90 Å². The van der Waals surface area contributed by atoms with Gasteiger partial charge in [-0.15, -0.1) is 11.3 Å². The van der Waals surface area contributed by atoms with E-state index in [1.165, 1.54) is 8.66 Å². The number of esters is 1. The van der Waals surface area contributed by atoms with Crippen LogP contribution in [0.15, 0.2) is 15.9 Å².